The molecule has 0 saturated carbocycles. The van der Waals surface area contributed by atoms with Crippen molar-refractivity contribution in [1.29, 1.82) is 0 Å². The van der Waals surface area contributed by atoms with Crippen LogP contribution in [0.1, 0.15) is 25.3 Å². The number of hydrogen-bond donors (Lipinski definition) is 2. The quantitative estimate of drug-likeness (QED) is 0.760. The zero-order valence-electron chi connectivity index (χ0n) is 11.6. The Balaban J connectivity index is 2.47. The number of halogens is 2. The number of carbonyl (C=O) groups excluding carboxylic acids is 1. The minimum absolute atomic E-state index is 0.0514. The van der Waals surface area contributed by atoms with E-state index in [9.17, 15) is 14.0 Å². The van der Waals surface area contributed by atoms with E-state index in [1.54, 1.807) is 0 Å². The molecule has 0 spiro atoms. The number of carbonyl (C=O) groups is 2. The molecule has 4 nitrogen and oxygen atoms in total. The molecule has 0 aliphatic rings. The lowest BCUT2D eigenvalue weighted by Gasteiger charge is -2.10. The van der Waals surface area contributed by atoms with E-state index >= 15 is 0 Å². The summed E-state index contributed by atoms with van der Waals surface area (Å²) in [6, 6.07) is 4.28. The molecule has 6 heteroatoms. The zero-order valence-corrected chi connectivity index (χ0v) is 12.4. The SMILES string of the molecule is CC(CCC(=O)O)CNC(=O)/C=C/c1c(F)cccc1Cl. The van der Waals surface area contributed by atoms with E-state index in [4.69, 9.17) is 16.7 Å². The van der Waals surface area contributed by atoms with Gasteiger partial charge in [-0.15, -0.1) is 0 Å². The molecule has 1 unspecified atom stereocenters. The molecule has 0 radical (unpaired) electrons. The van der Waals surface area contributed by atoms with E-state index in [2.05, 4.69) is 5.32 Å². The van der Waals surface area contributed by atoms with Gasteiger partial charge in [0.15, 0.2) is 0 Å². The second-order valence-electron chi connectivity index (χ2n) is 4.75. The fraction of sp³-hybridized carbons (Fsp3) is 0.333. The van der Waals surface area contributed by atoms with Crippen LogP contribution in [0, 0.1) is 11.7 Å². The highest BCUT2D eigenvalue weighted by atomic mass is 35.5. The molecule has 0 aliphatic carbocycles. The molecule has 1 aromatic rings. The van der Waals surface area contributed by atoms with Crippen molar-refractivity contribution in [3.8, 4) is 0 Å². The lowest BCUT2D eigenvalue weighted by Crippen LogP contribution is -2.26. The van der Waals surface area contributed by atoms with Gasteiger partial charge < -0.3 is 10.4 Å². The highest BCUT2D eigenvalue weighted by Gasteiger charge is 2.07. The summed E-state index contributed by atoms with van der Waals surface area (Å²) in [5.41, 5.74) is 0.160. The highest BCUT2D eigenvalue weighted by molar-refractivity contribution is 6.32. The maximum absolute atomic E-state index is 13.5. The Morgan fingerprint density at radius 2 is 2.19 bits per heavy atom. The molecule has 0 bridgehead atoms. The topological polar surface area (TPSA) is 66.4 Å². The summed E-state index contributed by atoms with van der Waals surface area (Å²) in [6.45, 7) is 2.21. The molecule has 2 N–H and O–H groups in total. The van der Waals surface area contributed by atoms with E-state index < -0.39 is 11.8 Å². The molecular formula is C15H17ClFNO3. The van der Waals surface area contributed by atoms with Crippen molar-refractivity contribution in [1.82, 2.24) is 5.32 Å². The maximum atomic E-state index is 13.5. The Labute approximate surface area is 127 Å². The Bertz CT molecular complexity index is 525. The van der Waals surface area contributed by atoms with E-state index in [0.29, 0.717) is 13.0 Å². The molecule has 1 amide bonds. The standard InChI is InChI=1S/C15H17ClFNO3/c1-10(5-8-15(20)21)9-18-14(19)7-6-11-12(16)3-2-4-13(11)17/h2-4,6-7,10H,5,8-9H2,1H3,(H,18,19)(H,20,21)/b7-6+. The lowest BCUT2D eigenvalue weighted by atomic mass is 10.1. The summed E-state index contributed by atoms with van der Waals surface area (Å²) in [4.78, 5) is 22.0. The molecule has 0 aliphatic heterocycles. The van der Waals surface area contributed by atoms with Crippen LogP contribution in [-0.2, 0) is 9.59 Å². The third-order valence-corrected chi connectivity index (χ3v) is 3.21. The van der Waals surface area contributed by atoms with Crippen molar-refractivity contribution in [3.63, 3.8) is 0 Å². The van der Waals surface area contributed by atoms with Crippen molar-refractivity contribution in [2.75, 3.05) is 6.54 Å². The fourth-order valence-corrected chi connectivity index (χ4v) is 1.86. The molecule has 0 saturated heterocycles. The molecule has 0 fully saturated rings. The lowest BCUT2D eigenvalue weighted by molar-refractivity contribution is -0.137. The molecule has 1 atom stereocenters. The number of amides is 1. The van der Waals surface area contributed by atoms with Crippen molar-refractivity contribution in [2.24, 2.45) is 5.92 Å². The Hall–Kier alpha value is -1.88. The van der Waals surface area contributed by atoms with Crippen molar-refractivity contribution >= 4 is 29.6 Å². The average Bonchev–Trinajstić information content (AvgIpc) is 2.42. The zero-order chi connectivity index (χ0) is 15.8. The predicted molar refractivity (Wildman–Crippen MR) is 79.5 cm³/mol. The first-order valence-electron chi connectivity index (χ1n) is 6.52. The van der Waals surface area contributed by atoms with Crippen LogP contribution in [0.3, 0.4) is 0 Å². The molecule has 0 aromatic heterocycles. The molecule has 21 heavy (non-hydrogen) atoms. The summed E-state index contributed by atoms with van der Waals surface area (Å²) in [5, 5.41) is 11.4. The van der Waals surface area contributed by atoms with E-state index in [-0.39, 0.29) is 28.8 Å². The van der Waals surface area contributed by atoms with Crippen molar-refractivity contribution in [2.45, 2.75) is 19.8 Å². The van der Waals surface area contributed by atoms with E-state index in [1.807, 2.05) is 6.92 Å². The predicted octanol–water partition coefficient (Wildman–Crippen LogP) is 3.11. The summed E-state index contributed by atoms with van der Waals surface area (Å²) in [7, 11) is 0. The summed E-state index contributed by atoms with van der Waals surface area (Å²) < 4.78 is 13.5. The van der Waals surface area contributed by atoms with Gasteiger partial charge >= 0.3 is 5.97 Å². The summed E-state index contributed by atoms with van der Waals surface area (Å²) in [5.74, 6) is -1.68. The number of nitrogens with one attached hydrogen (secondary N) is 1. The van der Waals surface area contributed by atoms with Gasteiger partial charge in [-0.25, -0.2) is 4.39 Å². The third kappa shape index (κ3) is 6.40. The van der Waals surface area contributed by atoms with Gasteiger partial charge in [-0.1, -0.05) is 24.6 Å². The smallest absolute Gasteiger partial charge is 0.303 e. The van der Waals surface area contributed by atoms with Gasteiger partial charge in [0, 0.05) is 24.6 Å². The second-order valence-corrected chi connectivity index (χ2v) is 5.16. The fourth-order valence-electron chi connectivity index (χ4n) is 1.63. The van der Waals surface area contributed by atoms with Crippen molar-refractivity contribution in [3.05, 3.63) is 40.7 Å². The Morgan fingerprint density at radius 3 is 2.81 bits per heavy atom. The Kier molecular flexibility index (Phi) is 6.88. The van der Waals surface area contributed by atoms with Crippen LogP contribution in [0.15, 0.2) is 24.3 Å². The van der Waals surface area contributed by atoms with Crippen LogP contribution in [0.4, 0.5) is 4.39 Å². The van der Waals surface area contributed by atoms with Crippen LogP contribution in [0.5, 0.6) is 0 Å². The first kappa shape index (κ1) is 17.2. The van der Waals surface area contributed by atoms with Gasteiger partial charge in [-0.2, -0.15) is 0 Å². The normalized spacial score (nSPS) is 12.3. The maximum Gasteiger partial charge on any atom is 0.303 e. The number of hydrogen-bond acceptors (Lipinski definition) is 2. The molecule has 114 valence electrons. The number of benzene rings is 1. The van der Waals surface area contributed by atoms with Crippen molar-refractivity contribution < 1.29 is 19.1 Å². The van der Waals surface area contributed by atoms with Gasteiger partial charge in [0.05, 0.1) is 5.02 Å². The van der Waals surface area contributed by atoms with Crippen LogP contribution >= 0.6 is 11.6 Å². The number of rotatable bonds is 7. The third-order valence-electron chi connectivity index (χ3n) is 2.88. The van der Waals surface area contributed by atoms with Gasteiger partial charge in [-0.3, -0.25) is 9.59 Å². The molecular weight excluding hydrogens is 297 g/mol. The average molecular weight is 314 g/mol. The number of carboxylic acids is 1. The minimum Gasteiger partial charge on any atom is -0.481 e. The first-order chi connectivity index (χ1) is 9.90. The van der Waals surface area contributed by atoms with Gasteiger partial charge in [-0.05, 0) is 30.5 Å². The van der Waals surface area contributed by atoms with Gasteiger partial charge in [0.2, 0.25) is 5.91 Å². The number of aliphatic carboxylic acids is 1. The minimum atomic E-state index is -0.859. The van der Waals surface area contributed by atoms with Crippen LogP contribution in [-0.4, -0.2) is 23.5 Å². The largest absolute Gasteiger partial charge is 0.481 e. The van der Waals surface area contributed by atoms with E-state index in [0.717, 1.165) is 0 Å². The monoisotopic (exact) mass is 313 g/mol. The Morgan fingerprint density at radius 1 is 1.48 bits per heavy atom. The summed E-state index contributed by atoms with van der Waals surface area (Å²) in [6.07, 6.45) is 3.07. The van der Waals surface area contributed by atoms with Gasteiger partial charge in [0.1, 0.15) is 5.82 Å². The molecule has 1 rings (SSSR count). The summed E-state index contributed by atoms with van der Waals surface area (Å²) >= 11 is 5.83. The molecule has 0 heterocycles. The first-order valence-corrected chi connectivity index (χ1v) is 6.89. The van der Waals surface area contributed by atoms with Crippen LogP contribution in [0.25, 0.3) is 6.08 Å². The van der Waals surface area contributed by atoms with Crippen LogP contribution < -0.4 is 5.32 Å². The van der Waals surface area contributed by atoms with Gasteiger partial charge in [0.25, 0.3) is 0 Å². The molecule has 1 aromatic carbocycles. The van der Waals surface area contributed by atoms with Crippen LogP contribution in [0.2, 0.25) is 5.02 Å². The number of carboxylic acid groups (broad SMARTS) is 1. The highest BCUT2D eigenvalue weighted by Crippen LogP contribution is 2.20. The van der Waals surface area contributed by atoms with E-state index in [1.165, 1.54) is 30.4 Å². The second kappa shape index (κ2) is 8.42.